The summed E-state index contributed by atoms with van der Waals surface area (Å²) in [5.41, 5.74) is 1.04. The van der Waals surface area contributed by atoms with Crippen molar-refractivity contribution in [3.8, 4) is 17.3 Å². The van der Waals surface area contributed by atoms with Gasteiger partial charge >= 0.3 is 6.18 Å². The fraction of sp³-hybridized carbons (Fsp3) is 0.375. The number of alkyl halides is 3. The lowest BCUT2D eigenvalue weighted by Crippen LogP contribution is -2.47. The third kappa shape index (κ3) is 4.57. The summed E-state index contributed by atoms with van der Waals surface area (Å²) in [5.74, 6) is 1.33. The minimum absolute atomic E-state index is 0.00718. The van der Waals surface area contributed by atoms with Crippen LogP contribution < -0.4 is 4.74 Å². The summed E-state index contributed by atoms with van der Waals surface area (Å²) in [5, 5.41) is 6.74. The van der Waals surface area contributed by atoms with Crippen LogP contribution in [0.15, 0.2) is 48.8 Å². The molecule has 10 heteroatoms. The maximum absolute atomic E-state index is 13.7. The van der Waals surface area contributed by atoms with E-state index in [1.807, 2.05) is 30.0 Å². The second-order valence-corrected chi connectivity index (χ2v) is 8.79. The highest BCUT2D eigenvalue weighted by atomic mass is 19.4. The lowest BCUT2D eigenvalue weighted by Gasteiger charge is -2.35. The fourth-order valence-corrected chi connectivity index (χ4v) is 4.46. The van der Waals surface area contributed by atoms with Crippen LogP contribution in [-0.2, 0) is 6.18 Å². The molecule has 1 amide bonds. The van der Waals surface area contributed by atoms with Gasteiger partial charge in [0.05, 0.1) is 11.6 Å². The van der Waals surface area contributed by atoms with Gasteiger partial charge in [0.1, 0.15) is 6.61 Å². The first kappa shape index (κ1) is 22.2. The van der Waals surface area contributed by atoms with Crippen molar-refractivity contribution in [3.05, 3.63) is 65.6 Å². The zero-order valence-electron chi connectivity index (χ0n) is 18.4. The molecule has 2 aromatic heterocycles. The molecular weight excluding hydrogens is 447 g/mol. The normalized spacial score (nSPS) is 21.6. The van der Waals surface area contributed by atoms with Crippen LogP contribution in [0.25, 0.3) is 11.4 Å². The number of ether oxygens (including phenoxy) is 1. The van der Waals surface area contributed by atoms with Gasteiger partial charge in [-0.15, -0.1) is 10.2 Å². The molecule has 0 spiro atoms. The molecule has 1 aromatic carbocycles. The van der Waals surface area contributed by atoms with E-state index in [1.54, 1.807) is 18.5 Å². The van der Waals surface area contributed by atoms with Crippen molar-refractivity contribution in [2.45, 2.75) is 32.0 Å². The summed E-state index contributed by atoms with van der Waals surface area (Å²) >= 11 is 0. The number of rotatable bonds is 5. The molecule has 3 atom stereocenters. The Labute approximate surface area is 194 Å². The Morgan fingerprint density at radius 3 is 2.59 bits per heavy atom. The lowest BCUT2D eigenvalue weighted by molar-refractivity contribution is -0.141. The number of fused-ring (bicyclic) bond motifs is 1. The quantitative estimate of drug-likeness (QED) is 0.558. The standard InChI is InChI=1S/C24H22F3N5O2/c1-14-3-4-18(22-28-7-2-8-29-22)19(9-14)23(33)32-12-16-10-15(16)11-17(32)13-34-21-6-5-20(30-31-21)24(25,26)27/h2-9,15-17H,10-13H2,1H3/t15-,16+,17+/m1/s1. The predicted octanol–water partition coefficient (Wildman–Crippen LogP) is 4.19. The van der Waals surface area contributed by atoms with E-state index >= 15 is 0 Å². The van der Waals surface area contributed by atoms with E-state index in [0.717, 1.165) is 30.5 Å². The number of amides is 1. The maximum Gasteiger partial charge on any atom is 0.435 e. The summed E-state index contributed by atoms with van der Waals surface area (Å²) in [6, 6.07) is 9.08. The molecule has 0 unspecified atom stereocenters. The highest BCUT2D eigenvalue weighted by Crippen LogP contribution is 2.47. The van der Waals surface area contributed by atoms with Crippen molar-refractivity contribution in [3.63, 3.8) is 0 Å². The summed E-state index contributed by atoms with van der Waals surface area (Å²) in [7, 11) is 0. The summed E-state index contributed by atoms with van der Waals surface area (Å²) in [6.07, 6.45) is 0.533. The molecule has 0 N–H and O–H groups in total. The molecule has 34 heavy (non-hydrogen) atoms. The molecular formula is C24H22F3N5O2. The number of hydrogen-bond donors (Lipinski definition) is 0. The second kappa shape index (κ2) is 8.66. The van der Waals surface area contributed by atoms with E-state index in [2.05, 4.69) is 20.2 Å². The number of carbonyl (C=O) groups excluding carboxylic acids is 1. The van der Waals surface area contributed by atoms with Crippen molar-refractivity contribution >= 4 is 5.91 Å². The summed E-state index contributed by atoms with van der Waals surface area (Å²) in [6.45, 7) is 2.65. The van der Waals surface area contributed by atoms with Crippen LogP contribution in [0.3, 0.4) is 0 Å². The maximum atomic E-state index is 13.7. The van der Waals surface area contributed by atoms with Gasteiger partial charge in [-0.2, -0.15) is 13.2 Å². The third-order valence-corrected chi connectivity index (χ3v) is 6.34. The molecule has 2 aliphatic rings. The molecule has 1 saturated heterocycles. The van der Waals surface area contributed by atoms with E-state index in [4.69, 9.17) is 4.74 Å². The van der Waals surface area contributed by atoms with Gasteiger partial charge in [0.25, 0.3) is 5.91 Å². The van der Waals surface area contributed by atoms with Crippen LogP contribution in [0.2, 0.25) is 0 Å². The van der Waals surface area contributed by atoms with E-state index < -0.39 is 11.9 Å². The van der Waals surface area contributed by atoms with Crippen molar-refractivity contribution in [1.82, 2.24) is 25.1 Å². The van der Waals surface area contributed by atoms with Gasteiger partial charge in [-0.3, -0.25) is 4.79 Å². The number of likely N-dealkylation sites (tertiary alicyclic amines) is 1. The number of carbonyl (C=O) groups is 1. The average molecular weight is 469 g/mol. The molecule has 0 radical (unpaired) electrons. The highest BCUT2D eigenvalue weighted by molar-refractivity contribution is 6.00. The van der Waals surface area contributed by atoms with E-state index in [0.29, 0.717) is 35.3 Å². The van der Waals surface area contributed by atoms with Crippen LogP contribution in [0.4, 0.5) is 13.2 Å². The molecule has 5 rings (SSSR count). The largest absolute Gasteiger partial charge is 0.474 e. The Bertz CT molecular complexity index is 1190. The number of hydrogen-bond acceptors (Lipinski definition) is 6. The van der Waals surface area contributed by atoms with Gasteiger partial charge in [0.2, 0.25) is 5.88 Å². The highest BCUT2D eigenvalue weighted by Gasteiger charge is 2.47. The smallest absolute Gasteiger partial charge is 0.435 e. The lowest BCUT2D eigenvalue weighted by atomic mass is 9.98. The zero-order chi connectivity index (χ0) is 23.9. The van der Waals surface area contributed by atoms with Crippen LogP contribution in [0.1, 0.15) is 34.5 Å². The van der Waals surface area contributed by atoms with Crippen molar-refractivity contribution in [1.29, 1.82) is 0 Å². The Balaban J connectivity index is 1.37. The van der Waals surface area contributed by atoms with Crippen LogP contribution >= 0.6 is 0 Å². The second-order valence-electron chi connectivity index (χ2n) is 8.79. The number of aryl methyl sites for hydroxylation is 1. The van der Waals surface area contributed by atoms with Crippen LogP contribution in [0, 0.1) is 18.8 Å². The Morgan fingerprint density at radius 2 is 1.88 bits per heavy atom. The van der Waals surface area contributed by atoms with E-state index in [-0.39, 0.29) is 24.4 Å². The first-order chi connectivity index (χ1) is 16.3. The first-order valence-corrected chi connectivity index (χ1v) is 11.0. The van der Waals surface area contributed by atoms with Gasteiger partial charge in [-0.05, 0) is 49.8 Å². The Hall–Kier alpha value is -3.56. The number of piperidine rings is 1. The molecule has 1 aliphatic heterocycles. The Kier molecular flexibility index (Phi) is 5.66. The van der Waals surface area contributed by atoms with Crippen molar-refractivity contribution < 1.29 is 22.7 Å². The van der Waals surface area contributed by atoms with Crippen molar-refractivity contribution in [2.24, 2.45) is 11.8 Å². The van der Waals surface area contributed by atoms with E-state index in [9.17, 15) is 18.0 Å². The fourth-order valence-electron chi connectivity index (χ4n) is 4.46. The van der Waals surface area contributed by atoms with E-state index in [1.165, 1.54) is 0 Å². The first-order valence-electron chi connectivity index (χ1n) is 11.0. The van der Waals surface area contributed by atoms with Crippen LogP contribution in [0.5, 0.6) is 5.88 Å². The summed E-state index contributed by atoms with van der Waals surface area (Å²) in [4.78, 5) is 24.2. The minimum atomic E-state index is -4.56. The van der Waals surface area contributed by atoms with Crippen LogP contribution in [-0.4, -0.2) is 50.2 Å². The van der Waals surface area contributed by atoms with Crippen molar-refractivity contribution in [2.75, 3.05) is 13.2 Å². The number of aromatic nitrogens is 4. The molecule has 7 nitrogen and oxygen atoms in total. The molecule has 0 bridgehead atoms. The van der Waals surface area contributed by atoms with Gasteiger partial charge in [0.15, 0.2) is 11.5 Å². The van der Waals surface area contributed by atoms with Gasteiger partial charge in [-0.1, -0.05) is 17.7 Å². The zero-order valence-corrected chi connectivity index (χ0v) is 18.4. The SMILES string of the molecule is Cc1ccc(-c2ncccn2)c(C(=O)N2C[C@@H]3C[C@@H]3C[C@H]2COc2ccc(C(F)(F)F)nn2)c1. The number of halogens is 3. The van der Waals surface area contributed by atoms with Gasteiger partial charge in [-0.25, -0.2) is 9.97 Å². The monoisotopic (exact) mass is 469 g/mol. The topological polar surface area (TPSA) is 81.1 Å². The van der Waals surface area contributed by atoms with Gasteiger partial charge < -0.3 is 9.64 Å². The summed E-state index contributed by atoms with van der Waals surface area (Å²) < 4.78 is 43.9. The Morgan fingerprint density at radius 1 is 1.09 bits per heavy atom. The molecule has 176 valence electrons. The molecule has 1 aliphatic carbocycles. The third-order valence-electron chi connectivity index (χ3n) is 6.34. The number of nitrogens with zero attached hydrogens (tertiary/aromatic N) is 5. The molecule has 1 saturated carbocycles. The molecule has 3 aromatic rings. The number of benzene rings is 1. The average Bonchev–Trinajstić information content (AvgIpc) is 3.60. The minimum Gasteiger partial charge on any atom is -0.474 e. The molecule has 3 heterocycles. The predicted molar refractivity (Wildman–Crippen MR) is 116 cm³/mol. The van der Waals surface area contributed by atoms with Gasteiger partial charge in [0, 0.05) is 30.6 Å². The molecule has 2 fully saturated rings.